The largest absolute Gasteiger partial charge is 0.480 e. The predicted molar refractivity (Wildman–Crippen MR) is 114 cm³/mol. The van der Waals surface area contributed by atoms with Crippen LogP contribution in [0.1, 0.15) is 11.0 Å². The Morgan fingerprint density at radius 1 is 1.09 bits per heavy atom. The summed E-state index contributed by atoms with van der Waals surface area (Å²) in [6.07, 6.45) is 2.00. The van der Waals surface area contributed by atoms with Gasteiger partial charge >= 0.3 is 0 Å². The van der Waals surface area contributed by atoms with Crippen LogP contribution in [0.3, 0.4) is 0 Å². The smallest absolute Gasteiger partial charge is 0.263 e. The molecule has 1 fully saturated rings. The van der Waals surface area contributed by atoms with E-state index in [4.69, 9.17) is 15.7 Å². The molecule has 32 heavy (non-hydrogen) atoms. The van der Waals surface area contributed by atoms with Crippen LogP contribution in [0.25, 0.3) is 0 Å². The molecule has 164 valence electrons. The van der Waals surface area contributed by atoms with Crippen molar-refractivity contribution in [1.29, 1.82) is 0 Å². The summed E-state index contributed by atoms with van der Waals surface area (Å²) in [4.78, 5) is 27.8. The zero-order valence-corrected chi connectivity index (χ0v) is 16.0. The number of fused-ring (bicyclic) bond motifs is 1. The van der Waals surface area contributed by atoms with Crippen molar-refractivity contribution in [3.8, 4) is 5.75 Å². The number of rotatable bonds is 5. The number of ether oxygens (including phenoxy) is 2. The number of pyridine rings is 2. The molecule has 5 rings (SSSR count). The van der Waals surface area contributed by atoms with E-state index in [-0.39, 0.29) is 40.6 Å². The predicted octanol–water partition coefficient (Wildman–Crippen LogP) is 2.06. The van der Waals surface area contributed by atoms with Gasteiger partial charge in [0.1, 0.15) is 11.6 Å². The standard InChI is InChI=1S/C20H19FN8O3/c21-13-10-23-20(24-12-1-4-16(22-9-12)29-5-7-31-8-6-29)28-18(13)25-15-3-2-14-19(26-15)27-17(30)11-32-14/h1-4,9-10H,5-8,11H2,(H3,23,24,25,26,27,28,30)/i5D2,6D2,7D2,8D2. The van der Waals surface area contributed by atoms with Crippen molar-refractivity contribution >= 4 is 40.8 Å². The van der Waals surface area contributed by atoms with E-state index in [0.717, 1.165) is 18.5 Å². The van der Waals surface area contributed by atoms with Gasteiger partial charge in [0.15, 0.2) is 29.8 Å². The Kier molecular flexibility index (Phi) is 3.41. The molecule has 0 spiro atoms. The summed E-state index contributed by atoms with van der Waals surface area (Å²) >= 11 is 0. The maximum Gasteiger partial charge on any atom is 0.263 e. The maximum absolute atomic E-state index is 14.4. The van der Waals surface area contributed by atoms with Crippen LogP contribution in [-0.4, -0.2) is 58.6 Å². The van der Waals surface area contributed by atoms with Crippen LogP contribution >= 0.6 is 0 Å². The van der Waals surface area contributed by atoms with Crippen LogP contribution in [0.2, 0.25) is 0 Å². The number of aromatic nitrogens is 4. The van der Waals surface area contributed by atoms with E-state index in [1.807, 2.05) is 0 Å². The molecule has 1 amide bonds. The van der Waals surface area contributed by atoms with E-state index in [1.54, 1.807) is 0 Å². The molecule has 12 heteroatoms. The van der Waals surface area contributed by atoms with Crippen molar-refractivity contribution < 1.29 is 29.6 Å². The fraction of sp³-hybridized carbons (Fsp3) is 0.250. The fourth-order valence-electron chi connectivity index (χ4n) is 2.70. The molecular formula is C20H19FN8O3. The number of nitrogens with zero attached hydrogens (tertiary/aromatic N) is 5. The zero-order valence-electron chi connectivity index (χ0n) is 24.0. The zero-order chi connectivity index (χ0) is 29.1. The molecule has 0 aromatic carbocycles. The molecule has 0 atom stereocenters. The van der Waals surface area contributed by atoms with Crippen molar-refractivity contribution in [2.24, 2.45) is 0 Å². The fourth-order valence-corrected chi connectivity index (χ4v) is 2.70. The first-order valence-corrected chi connectivity index (χ1v) is 9.08. The first kappa shape index (κ1) is 12.7. The lowest BCUT2D eigenvalue weighted by molar-refractivity contribution is -0.118. The van der Waals surface area contributed by atoms with Gasteiger partial charge in [0.05, 0.1) is 42.2 Å². The molecule has 3 N–H and O–H groups in total. The SMILES string of the molecule is [2H]C1([2H])OC([2H])([2H])C([2H])([2H])N(c2ccc(Nc3ncc(F)c(Nc4ccc5c(n4)NC(=O)CO5)n3)cn2)C1([2H])[2H]. The van der Waals surface area contributed by atoms with Crippen LogP contribution in [0.4, 0.5) is 39.3 Å². The third-order valence-corrected chi connectivity index (χ3v) is 4.12. The van der Waals surface area contributed by atoms with Crippen LogP contribution < -0.4 is 25.6 Å². The Balaban J connectivity index is 1.36. The third kappa shape index (κ3) is 4.34. The second kappa shape index (κ2) is 8.59. The first-order chi connectivity index (χ1) is 18.6. The van der Waals surface area contributed by atoms with Crippen molar-refractivity contribution in [3.05, 3.63) is 42.5 Å². The average molecular weight is 446 g/mol. The van der Waals surface area contributed by atoms with Crippen molar-refractivity contribution in [2.75, 3.05) is 53.6 Å². The minimum atomic E-state index is -3.22. The van der Waals surface area contributed by atoms with Gasteiger partial charge < -0.3 is 30.3 Å². The Labute approximate surface area is 193 Å². The van der Waals surface area contributed by atoms with E-state index in [1.165, 1.54) is 18.2 Å². The van der Waals surface area contributed by atoms with Crippen molar-refractivity contribution in [1.82, 2.24) is 19.9 Å². The molecule has 2 aliphatic heterocycles. The lowest BCUT2D eigenvalue weighted by Gasteiger charge is -2.27. The van der Waals surface area contributed by atoms with E-state index < -0.39 is 43.7 Å². The van der Waals surface area contributed by atoms with Gasteiger partial charge in [-0.1, -0.05) is 0 Å². The molecule has 3 aromatic heterocycles. The van der Waals surface area contributed by atoms with Gasteiger partial charge in [-0.05, 0) is 24.3 Å². The Hall–Kier alpha value is -4.06. The highest BCUT2D eigenvalue weighted by Crippen LogP contribution is 2.28. The van der Waals surface area contributed by atoms with Gasteiger partial charge in [-0.15, -0.1) is 0 Å². The van der Waals surface area contributed by atoms with E-state index in [9.17, 15) is 9.18 Å². The molecule has 2 aliphatic rings. The summed E-state index contributed by atoms with van der Waals surface area (Å²) in [5, 5.41) is 7.96. The van der Waals surface area contributed by atoms with Crippen LogP contribution in [0, 0.1) is 5.82 Å². The molecule has 5 heterocycles. The Bertz CT molecular complexity index is 1450. The minimum Gasteiger partial charge on any atom is -0.480 e. The van der Waals surface area contributed by atoms with Gasteiger partial charge in [-0.25, -0.2) is 19.3 Å². The van der Waals surface area contributed by atoms with Crippen molar-refractivity contribution in [2.45, 2.75) is 0 Å². The number of amides is 1. The number of anilines is 6. The second-order valence-corrected chi connectivity index (χ2v) is 6.29. The summed E-state index contributed by atoms with van der Waals surface area (Å²) in [5.74, 6) is -1.36. The first-order valence-electron chi connectivity index (χ1n) is 13.1. The summed E-state index contributed by atoms with van der Waals surface area (Å²) < 4.78 is 87.9. The van der Waals surface area contributed by atoms with Gasteiger partial charge in [0.25, 0.3) is 5.91 Å². The van der Waals surface area contributed by atoms with Crippen LogP contribution in [-0.2, 0) is 9.53 Å². The number of carbonyl (C=O) groups excluding carboxylic acids is 1. The van der Waals surface area contributed by atoms with Crippen LogP contribution in [0.15, 0.2) is 36.7 Å². The van der Waals surface area contributed by atoms with Crippen molar-refractivity contribution in [3.63, 3.8) is 0 Å². The number of nitrogens with one attached hydrogen (secondary N) is 3. The van der Waals surface area contributed by atoms with Gasteiger partial charge in [-0.2, -0.15) is 4.98 Å². The molecule has 0 saturated carbocycles. The number of halogens is 1. The minimum absolute atomic E-state index is 0.0993. The molecule has 0 radical (unpaired) electrons. The number of hydrogen-bond donors (Lipinski definition) is 3. The Morgan fingerprint density at radius 2 is 1.97 bits per heavy atom. The molecular weight excluding hydrogens is 419 g/mol. The average Bonchev–Trinajstić information content (AvgIpc) is 2.85. The topological polar surface area (TPSA) is 126 Å². The maximum atomic E-state index is 14.4. The number of hydrogen-bond acceptors (Lipinski definition) is 10. The lowest BCUT2D eigenvalue weighted by atomic mass is 10.3. The molecule has 11 nitrogen and oxygen atoms in total. The highest BCUT2D eigenvalue weighted by atomic mass is 19.1. The number of morpholine rings is 1. The molecule has 3 aromatic rings. The normalized spacial score (nSPS) is 25.4. The van der Waals surface area contributed by atoms with E-state index >= 15 is 0 Å². The van der Waals surface area contributed by atoms with Gasteiger partial charge in [0, 0.05) is 13.0 Å². The summed E-state index contributed by atoms with van der Waals surface area (Å²) in [6, 6.07) is 5.46. The monoisotopic (exact) mass is 446 g/mol. The Morgan fingerprint density at radius 3 is 2.78 bits per heavy atom. The summed E-state index contributed by atoms with van der Waals surface area (Å²) in [5.41, 5.74) is 0.202. The number of carbonyl (C=O) groups is 1. The third-order valence-electron chi connectivity index (χ3n) is 4.12. The summed E-state index contributed by atoms with van der Waals surface area (Å²) in [7, 11) is 0. The van der Waals surface area contributed by atoms with E-state index in [2.05, 4.69) is 40.6 Å². The highest BCUT2D eigenvalue weighted by molar-refractivity contribution is 5.94. The van der Waals surface area contributed by atoms with Gasteiger partial charge in [-0.3, -0.25) is 4.79 Å². The lowest BCUT2D eigenvalue weighted by Crippen LogP contribution is -2.36. The molecule has 0 aliphatic carbocycles. The summed E-state index contributed by atoms with van der Waals surface area (Å²) in [6.45, 7) is -12.9. The van der Waals surface area contributed by atoms with E-state index in [0.29, 0.717) is 5.75 Å². The molecule has 0 bridgehead atoms. The van der Waals surface area contributed by atoms with Crippen LogP contribution in [0.5, 0.6) is 5.75 Å². The molecule has 0 unspecified atom stereocenters. The highest BCUT2D eigenvalue weighted by Gasteiger charge is 2.18. The van der Waals surface area contributed by atoms with Gasteiger partial charge in [0.2, 0.25) is 5.95 Å². The molecule has 1 saturated heterocycles. The second-order valence-electron chi connectivity index (χ2n) is 6.29. The quantitative estimate of drug-likeness (QED) is 0.536.